The molecule has 0 bridgehead atoms. The maximum absolute atomic E-state index is 13.0. The third-order valence-electron chi connectivity index (χ3n) is 15.5. The van der Waals surface area contributed by atoms with Crippen LogP contribution in [-0.4, -0.2) is 37.2 Å². The van der Waals surface area contributed by atoms with Crippen molar-refractivity contribution in [1.29, 1.82) is 0 Å². The van der Waals surface area contributed by atoms with E-state index in [0.717, 1.165) is 103 Å². The fourth-order valence-electron chi connectivity index (χ4n) is 10.1. The molecule has 0 aliphatic carbocycles. The molecule has 1 unspecified atom stereocenters. The van der Waals surface area contributed by atoms with Crippen molar-refractivity contribution in [2.45, 2.75) is 361 Å². The van der Waals surface area contributed by atoms with E-state index in [2.05, 4.69) is 118 Å². The number of esters is 3. The molecule has 1 atom stereocenters. The summed E-state index contributed by atoms with van der Waals surface area (Å²) < 4.78 is 17.0. The van der Waals surface area contributed by atoms with Gasteiger partial charge in [-0.05, 0) is 128 Å². The number of carbonyl (C=O) groups is 3. The zero-order chi connectivity index (χ0) is 59.9. The summed E-state index contributed by atoms with van der Waals surface area (Å²) in [6, 6.07) is 0. The average molecular weight is 1160 g/mol. The number of unbranched alkanes of at least 4 members (excludes halogenated alkanes) is 38. The summed E-state index contributed by atoms with van der Waals surface area (Å²) in [5, 5.41) is 0. The summed E-state index contributed by atoms with van der Waals surface area (Å²) in [5.74, 6) is -0.888. The van der Waals surface area contributed by atoms with Crippen molar-refractivity contribution in [1.82, 2.24) is 0 Å². The predicted molar refractivity (Wildman–Crippen MR) is 362 cm³/mol. The molecule has 0 amide bonds. The molecular weight excluding hydrogens is 1020 g/mol. The third kappa shape index (κ3) is 69.0. The number of rotatable bonds is 65. The smallest absolute Gasteiger partial charge is 0.306 e. The highest BCUT2D eigenvalue weighted by Gasteiger charge is 2.19. The lowest BCUT2D eigenvalue weighted by molar-refractivity contribution is -0.167. The van der Waals surface area contributed by atoms with Crippen LogP contribution in [0.1, 0.15) is 355 Å². The van der Waals surface area contributed by atoms with Crippen LogP contribution in [-0.2, 0) is 28.6 Å². The molecule has 478 valence electrons. The first kappa shape index (κ1) is 79.3. The number of carbonyl (C=O) groups excluding carboxylic acids is 3. The molecule has 6 heteroatoms. The van der Waals surface area contributed by atoms with Crippen LogP contribution in [0.5, 0.6) is 0 Å². The molecule has 0 aromatic heterocycles. The van der Waals surface area contributed by atoms with Crippen LogP contribution < -0.4 is 0 Å². The van der Waals surface area contributed by atoms with Gasteiger partial charge in [-0.25, -0.2) is 0 Å². The highest BCUT2D eigenvalue weighted by atomic mass is 16.6. The molecule has 0 fully saturated rings. The van der Waals surface area contributed by atoms with Crippen LogP contribution in [0.25, 0.3) is 0 Å². The van der Waals surface area contributed by atoms with Crippen LogP contribution in [0.15, 0.2) is 97.2 Å². The number of hydrogen-bond acceptors (Lipinski definition) is 6. The Kier molecular flexibility index (Phi) is 67.7. The Labute approximate surface area is 515 Å². The van der Waals surface area contributed by atoms with E-state index in [4.69, 9.17) is 14.2 Å². The van der Waals surface area contributed by atoms with Crippen molar-refractivity contribution < 1.29 is 28.6 Å². The minimum atomic E-state index is -0.790. The Morgan fingerprint density at radius 2 is 0.434 bits per heavy atom. The SMILES string of the molecule is CCCCC/C=C\C/C=C\CCCCCCCCCC(=O)OCC(COC(=O)CCCCCCCCCCCC/C=C\C/C=C\C/C=C\CCCCCCC)OC(=O)CCCCCCCCCC/C=C\C/C=C\C/C=C\CCCCCCC. The average Bonchev–Trinajstić information content (AvgIpc) is 3.49. The van der Waals surface area contributed by atoms with Gasteiger partial charge in [0.25, 0.3) is 0 Å². The Balaban J connectivity index is 4.39. The van der Waals surface area contributed by atoms with Crippen molar-refractivity contribution in [2.24, 2.45) is 0 Å². The second-order valence-electron chi connectivity index (χ2n) is 23.8. The first-order chi connectivity index (χ1) is 41.0. The molecule has 0 aliphatic rings. The van der Waals surface area contributed by atoms with Gasteiger partial charge in [0, 0.05) is 19.3 Å². The second-order valence-corrected chi connectivity index (χ2v) is 23.8. The van der Waals surface area contributed by atoms with Gasteiger partial charge in [-0.3, -0.25) is 14.4 Å². The van der Waals surface area contributed by atoms with Crippen molar-refractivity contribution in [3.05, 3.63) is 97.2 Å². The highest BCUT2D eigenvalue weighted by molar-refractivity contribution is 5.71. The molecule has 0 radical (unpaired) electrons. The minimum absolute atomic E-state index is 0.0844. The molecule has 0 aliphatic heterocycles. The van der Waals surface area contributed by atoms with Crippen LogP contribution in [0.3, 0.4) is 0 Å². The van der Waals surface area contributed by atoms with Crippen molar-refractivity contribution in [3.63, 3.8) is 0 Å². The predicted octanol–water partition coefficient (Wildman–Crippen LogP) is 24.8. The first-order valence-electron chi connectivity index (χ1n) is 35.7. The van der Waals surface area contributed by atoms with Crippen LogP contribution in [0, 0.1) is 0 Å². The van der Waals surface area contributed by atoms with E-state index < -0.39 is 6.10 Å². The van der Waals surface area contributed by atoms with Gasteiger partial charge in [-0.15, -0.1) is 0 Å². The lowest BCUT2D eigenvalue weighted by Gasteiger charge is -2.18. The summed E-state index contributed by atoms with van der Waals surface area (Å²) in [4.78, 5) is 38.5. The maximum Gasteiger partial charge on any atom is 0.306 e. The summed E-state index contributed by atoms with van der Waals surface area (Å²) >= 11 is 0. The molecule has 0 heterocycles. The van der Waals surface area contributed by atoms with Crippen molar-refractivity contribution >= 4 is 17.9 Å². The van der Waals surface area contributed by atoms with Gasteiger partial charge >= 0.3 is 17.9 Å². The van der Waals surface area contributed by atoms with E-state index in [1.807, 2.05) is 0 Å². The van der Waals surface area contributed by atoms with Crippen molar-refractivity contribution in [2.75, 3.05) is 13.2 Å². The Hall–Kier alpha value is -3.67. The molecule has 83 heavy (non-hydrogen) atoms. The van der Waals surface area contributed by atoms with E-state index in [1.54, 1.807) is 0 Å². The topological polar surface area (TPSA) is 78.9 Å². The fraction of sp³-hybridized carbons (Fsp3) is 0.753. The van der Waals surface area contributed by atoms with Gasteiger partial charge in [-0.1, -0.05) is 304 Å². The zero-order valence-electron chi connectivity index (χ0n) is 54.9. The Bertz CT molecular complexity index is 1610. The summed E-state index contributed by atoms with van der Waals surface area (Å²) in [6.45, 7) is 6.62. The summed E-state index contributed by atoms with van der Waals surface area (Å²) in [7, 11) is 0. The van der Waals surface area contributed by atoms with E-state index in [-0.39, 0.29) is 31.1 Å². The molecule has 0 saturated carbocycles. The normalized spacial score (nSPS) is 12.7. The van der Waals surface area contributed by atoms with E-state index in [0.29, 0.717) is 19.3 Å². The van der Waals surface area contributed by atoms with Crippen LogP contribution in [0.2, 0.25) is 0 Å². The van der Waals surface area contributed by atoms with Crippen LogP contribution in [0.4, 0.5) is 0 Å². The summed E-state index contributed by atoms with van der Waals surface area (Å²) in [5.41, 5.74) is 0. The molecule has 6 nitrogen and oxygen atoms in total. The number of allylic oxidation sites excluding steroid dienone is 16. The van der Waals surface area contributed by atoms with Gasteiger partial charge in [-0.2, -0.15) is 0 Å². The zero-order valence-corrected chi connectivity index (χ0v) is 54.9. The quantitative estimate of drug-likeness (QED) is 0.0261. The molecule has 0 rings (SSSR count). The lowest BCUT2D eigenvalue weighted by Crippen LogP contribution is -2.30. The minimum Gasteiger partial charge on any atom is -0.462 e. The largest absolute Gasteiger partial charge is 0.462 e. The fourth-order valence-corrected chi connectivity index (χ4v) is 10.1. The van der Waals surface area contributed by atoms with Gasteiger partial charge in [0.05, 0.1) is 0 Å². The Morgan fingerprint density at radius 1 is 0.241 bits per heavy atom. The van der Waals surface area contributed by atoms with E-state index in [1.165, 1.54) is 212 Å². The molecule has 0 aromatic rings. The monoisotopic (exact) mass is 1160 g/mol. The second kappa shape index (κ2) is 70.8. The standard InChI is InChI=1S/C77H134O6/c1-4-7-10-13-16-19-22-25-28-31-33-35-37-38-40-41-43-46-49-52-55-58-61-64-67-70-76(79)82-73-74(72-81-75(78)69-66-63-60-57-54-51-48-45-30-27-24-21-18-15-12-9-6-3)83-77(80)71-68-65-62-59-56-53-50-47-44-42-39-36-34-32-29-26-23-20-17-14-11-8-5-2/h18,21-23,25-27,30-34,37-39,42,74H,4-17,19-20,24,28-29,35-36,40-41,43-73H2,1-3H3/b21-18-,25-22-,26-23-,30-27-,33-31-,34-32-,38-37-,42-39-. The highest BCUT2D eigenvalue weighted by Crippen LogP contribution is 2.16. The van der Waals surface area contributed by atoms with Crippen LogP contribution >= 0.6 is 0 Å². The Morgan fingerprint density at radius 3 is 0.699 bits per heavy atom. The molecule has 0 N–H and O–H groups in total. The van der Waals surface area contributed by atoms with Gasteiger partial charge in [0.2, 0.25) is 0 Å². The maximum atomic E-state index is 13.0. The molecule has 0 spiro atoms. The lowest BCUT2D eigenvalue weighted by atomic mass is 10.1. The third-order valence-corrected chi connectivity index (χ3v) is 15.5. The first-order valence-corrected chi connectivity index (χ1v) is 35.7. The number of hydrogen-bond donors (Lipinski definition) is 0. The molecule has 0 aromatic carbocycles. The molecular formula is C77H134O6. The summed E-state index contributed by atoms with van der Waals surface area (Å²) in [6.07, 6.45) is 95.6. The van der Waals surface area contributed by atoms with Gasteiger partial charge < -0.3 is 14.2 Å². The van der Waals surface area contributed by atoms with Gasteiger partial charge in [0.1, 0.15) is 13.2 Å². The number of ether oxygens (including phenoxy) is 3. The van der Waals surface area contributed by atoms with E-state index in [9.17, 15) is 14.4 Å². The van der Waals surface area contributed by atoms with Crippen molar-refractivity contribution in [3.8, 4) is 0 Å². The molecule has 0 saturated heterocycles. The van der Waals surface area contributed by atoms with E-state index >= 15 is 0 Å². The van der Waals surface area contributed by atoms with Gasteiger partial charge in [0.15, 0.2) is 6.10 Å².